The number of aliphatic hydroxyl groups is 1. The van der Waals surface area contributed by atoms with E-state index in [1.165, 1.54) is 11.3 Å². The lowest BCUT2D eigenvalue weighted by molar-refractivity contribution is -0.0222. The molecular formula is C10H15NO4S2. The predicted molar refractivity (Wildman–Crippen MR) is 64.6 cm³/mol. The summed E-state index contributed by atoms with van der Waals surface area (Å²) in [6.07, 6.45) is -0.287. The Morgan fingerprint density at radius 1 is 1.53 bits per heavy atom. The number of sulfonamides is 1. The van der Waals surface area contributed by atoms with Crippen molar-refractivity contribution in [3.8, 4) is 0 Å². The molecule has 0 spiro atoms. The zero-order valence-electron chi connectivity index (χ0n) is 9.42. The van der Waals surface area contributed by atoms with E-state index >= 15 is 0 Å². The van der Waals surface area contributed by atoms with E-state index in [0.29, 0.717) is 13.0 Å². The number of thiophene rings is 1. The molecule has 2 N–H and O–H groups in total. The Morgan fingerprint density at radius 3 is 2.88 bits per heavy atom. The molecule has 0 aromatic carbocycles. The van der Waals surface area contributed by atoms with Gasteiger partial charge >= 0.3 is 0 Å². The largest absolute Gasteiger partial charge is 0.389 e. The Morgan fingerprint density at radius 2 is 2.29 bits per heavy atom. The van der Waals surface area contributed by atoms with Crippen LogP contribution in [0.25, 0.3) is 0 Å². The van der Waals surface area contributed by atoms with Crippen molar-refractivity contribution in [1.82, 2.24) is 4.72 Å². The molecule has 2 heterocycles. The molecule has 0 saturated carbocycles. The normalized spacial score (nSPS) is 26.0. The predicted octanol–water partition coefficient (Wildman–Crippen LogP) is 0.485. The fourth-order valence-corrected chi connectivity index (χ4v) is 4.28. The Labute approximate surface area is 104 Å². The van der Waals surface area contributed by atoms with Crippen molar-refractivity contribution in [3.63, 3.8) is 0 Å². The average Bonchev–Trinajstić information content (AvgIpc) is 2.69. The van der Waals surface area contributed by atoms with Gasteiger partial charge in [0.05, 0.1) is 18.8 Å². The van der Waals surface area contributed by atoms with E-state index in [2.05, 4.69) is 4.72 Å². The third-order valence-electron chi connectivity index (χ3n) is 2.61. The summed E-state index contributed by atoms with van der Waals surface area (Å²) in [4.78, 5) is 0.943. The molecule has 2 rings (SSSR count). The molecular weight excluding hydrogens is 262 g/mol. The van der Waals surface area contributed by atoms with Gasteiger partial charge in [0.25, 0.3) is 0 Å². The van der Waals surface area contributed by atoms with Crippen molar-refractivity contribution >= 4 is 21.4 Å². The Kier molecular flexibility index (Phi) is 3.84. The molecule has 0 amide bonds. The summed E-state index contributed by atoms with van der Waals surface area (Å²) in [5, 5.41) is 9.64. The number of aliphatic hydroxyl groups excluding tert-OH is 1. The Hall–Kier alpha value is -0.470. The fraction of sp³-hybridized carbons (Fsp3) is 0.600. The molecule has 0 aliphatic carbocycles. The zero-order chi connectivity index (χ0) is 12.5. The maximum absolute atomic E-state index is 12.0. The smallest absolute Gasteiger partial charge is 0.250 e. The fourth-order valence-electron chi connectivity index (χ4n) is 1.67. The summed E-state index contributed by atoms with van der Waals surface area (Å²) in [5.41, 5.74) is 0. The lowest BCUT2D eigenvalue weighted by atomic mass is 10.1. The van der Waals surface area contributed by atoms with E-state index in [9.17, 15) is 13.5 Å². The van der Waals surface area contributed by atoms with Crippen LogP contribution in [0.2, 0.25) is 0 Å². The van der Waals surface area contributed by atoms with Gasteiger partial charge in [-0.25, -0.2) is 13.1 Å². The minimum absolute atomic E-state index is 0.177. The maximum atomic E-state index is 12.0. The summed E-state index contributed by atoms with van der Waals surface area (Å²) in [6.45, 7) is 2.50. The molecule has 1 fully saturated rings. The van der Waals surface area contributed by atoms with Gasteiger partial charge in [-0.1, -0.05) is 0 Å². The second-order valence-electron chi connectivity index (χ2n) is 4.02. The van der Waals surface area contributed by atoms with Crippen LogP contribution in [0.4, 0.5) is 0 Å². The van der Waals surface area contributed by atoms with Crippen LogP contribution in [0.5, 0.6) is 0 Å². The second kappa shape index (κ2) is 5.03. The molecule has 0 bridgehead atoms. The molecule has 1 aliphatic heterocycles. The first-order valence-corrected chi connectivity index (χ1v) is 7.63. The van der Waals surface area contributed by atoms with Crippen LogP contribution >= 0.6 is 11.3 Å². The first kappa shape index (κ1) is 13.0. The highest BCUT2D eigenvalue weighted by Gasteiger charge is 2.29. The van der Waals surface area contributed by atoms with Crippen LogP contribution in [0.1, 0.15) is 11.3 Å². The number of aryl methyl sites for hydroxylation is 1. The van der Waals surface area contributed by atoms with Crippen LogP contribution < -0.4 is 4.72 Å². The summed E-state index contributed by atoms with van der Waals surface area (Å²) in [5.74, 6) is 0. The summed E-state index contributed by atoms with van der Waals surface area (Å²) >= 11 is 1.22. The van der Waals surface area contributed by atoms with E-state index in [0.717, 1.165) is 4.88 Å². The molecule has 96 valence electrons. The summed E-state index contributed by atoms with van der Waals surface area (Å²) in [6, 6.07) is 2.88. The number of hydrogen-bond acceptors (Lipinski definition) is 5. The van der Waals surface area contributed by atoms with Gasteiger partial charge in [0, 0.05) is 11.5 Å². The van der Waals surface area contributed by atoms with Crippen molar-refractivity contribution in [2.45, 2.75) is 29.7 Å². The topological polar surface area (TPSA) is 75.6 Å². The highest BCUT2D eigenvalue weighted by Crippen LogP contribution is 2.21. The van der Waals surface area contributed by atoms with E-state index in [1.54, 1.807) is 12.1 Å². The number of nitrogens with one attached hydrogen (secondary N) is 1. The van der Waals surface area contributed by atoms with E-state index in [4.69, 9.17) is 4.74 Å². The molecule has 1 aromatic rings. The Bertz CT molecular complexity index is 482. The van der Waals surface area contributed by atoms with Crippen molar-refractivity contribution < 1.29 is 18.3 Å². The van der Waals surface area contributed by atoms with Gasteiger partial charge in [-0.3, -0.25) is 0 Å². The van der Waals surface area contributed by atoms with Crippen LogP contribution in [0.3, 0.4) is 0 Å². The van der Waals surface area contributed by atoms with Gasteiger partial charge in [0.15, 0.2) is 0 Å². The maximum Gasteiger partial charge on any atom is 0.250 e. The van der Waals surface area contributed by atoms with E-state index in [-0.39, 0.29) is 10.8 Å². The molecule has 7 heteroatoms. The highest BCUT2D eigenvalue weighted by molar-refractivity contribution is 7.91. The van der Waals surface area contributed by atoms with Gasteiger partial charge in [-0.15, -0.1) is 11.3 Å². The average molecular weight is 277 g/mol. The summed E-state index contributed by atoms with van der Waals surface area (Å²) < 4.78 is 31.9. The van der Waals surface area contributed by atoms with Gasteiger partial charge in [0.1, 0.15) is 4.21 Å². The second-order valence-corrected chi connectivity index (χ2v) is 7.25. The lowest BCUT2D eigenvalue weighted by Crippen LogP contribution is -2.48. The zero-order valence-corrected chi connectivity index (χ0v) is 11.1. The van der Waals surface area contributed by atoms with Crippen molar-refractivity contribution in [2.24, 2.45) is 0 Å². The van der Waals surface area contributed by atoms with Crippen molar-refractivity contribution in [2.75, 3.05) is 13.2 Å². The quantitative estimate of drug-likeness (QED) is 0.843. The minimum Gasteiger partial charge on any atom is -0.389 e. The monoisotopic (exact) mass is 277 g/mol. The molecule has 1 aliphatic rings. The van der Waals surface area contributed by atoms with Crippen LogP contribution in [-0.2, 0) is 14.8 Å². The van der Waals surface area contributed by atoms with Gasteiger partial charge in [-0.2, -0.15) is 0 Å². The molecule has 1 saturated heterocycles. The Balaban J connectivity index is 2.11. The third kappa shape index (κ3) is 3.05. The van der Waals surface area contributed by atoms with E-state index < -0.39 is 22.2 Å². The number of rotatable bonds is 3. The molecule has 5 nitrogen and oxygen atoms in total. The first-order chi connectivity index (χ1) is 7.99. The lowest BCUT2D eigenvalue weighted by Gasteiger charge is -2.27. The van der Waals surface area contributed by atoms with Crippen LogP contribution in [0.15, 0.2) is 16.3 Å². The number of ether oxygens (including phenoxy) is 1. The molecule has 2 atom stereocenters. The molecule has 0 radical (unpaired) electrons. The minimum atomic E-state index is -3.52. The SMILES string of the molecule is Cc1ccc(S(=O)(=O)N[C@@H]2CCOC[C@H]2O)s1. The van der Waals surface area contributed by atoms with Crippen molar-refractivity contribution in [1.29, 1.82) is 0 Å². The van der Waals surface area contributed by atoms with Gasteiger partial charge in [-0.05, 0) is 25.5 Å². The molecule has 1 aromatic heterocycles. The van der Waals surface area contributed by atoms with E-state index in [1.807, 2.05) is 6.92 Å². The van der Waals surface area contributed by atoms with Crippen LogP contribution in [0, 0.1) is 6.92 Å². The standard InChI is InChI=1S/C10H15NO4S2/c1-7-2-3-10(16-7)17(13,14)11-8-4-5-15-6-9(8)12/h2-3,8-9,11-12H,4-6H2,1H3/t8-,9-/m1/s1. The van der Waals surface area contributed by atoms with Crippen molar-refractivity contribution in [3.05, 3.63) is 17.0 Å². The first-order valence-electron chi connectivity index (χ1n) is 5.33. The highest BCUT2D eigenvalue weighted by atomic mass is 32.2. The molecule has 0 unspecified atom stereocenters. The molecule has 17 heavy (non-hydrogen) atoms. The third-order valence-corrected chi connectivity index (χ3v) is 5.60. The van der Waals surface area contributed by atoms with Gasteiger partial charge < -0.3 is 9.84 Å². The number of hydrogen-bond donors (Lipinski definition) is 2. The van der Waals surface area contributed by atoms with Gasteiger partial charge in [0.2, 0.25) is 10.0 Å². The van der Waals surface area contributed by atoms with Crippen LogP contribution in [-0.4, -0.2) is 38.9 Å². The summed E-state index contributed by atoms with van der Waals surface area (Å²) in [7, 11) is -3.52.